The Morgan fingerprint density at radius 1 is 0.590 bits per heavy atom. The smallest absolute Gasteiger partial charge is 0 e. The molecule has 1 radical (unpaired) electrons. The van der Waals surface area contributed by atoms with Crippen molar-refractivity contribution < 1.29 is 24.5 Å². The van der Waals surface area contributed by atoms with Crippen LogP contribution in [0.25, 0.3) is 94.0 Å². The van der Waals surface area contributed by atoms with E-state index in [0.717, 1.165) is 61.3 Å². The summed E-state index contributed by atoms with van der Waals surface area (Å²) in [5.74, 6) is 7.96. The van der Waals surface area contributed by atoms with Crippen LogP contribution >= 0.6 is 0 Å². The van der Waals surface area contributed by atoms with Gasteiger partial charge in [-0.1, -0.05) is 95.9 Å². The minimum absolute atomic E-state index is 0. The van der Waals surface area contributed by atoms with Crippen molar-refractivity contribution in [1.82, 2.24) is 14.5 Å². The van der Waals surface area contributed by atoms with Gasteiger partial charge in [-0.05, 0) is 88.0 Å². The van der Waals surface area contributed by atoms with Gasteiger partial charge in [0.2, 0.25) is 0 Å². The van der Waals surface area contributed by atoms with E-state index in [-0.39, 0.29) is 20.1 Å². The van der Waals surface area contributed by atoms with Crippen LogP contribution in [0.5, 0.6) is 0 Å². The standard InChI is InChI=1S/C41H27N2O.C14H16GeN.Ir/c1-25-21-30(27-11-4-3-5-12-27)22-26(2)39(25)43-37-23-29-20-19-28-13-6-7-14-31(28)35(29)24-36(37)42-41(43)34-17-10-16-33-32-15-8-9-18-38(32)44-40(33)34;1-15(2,3)13-9-10-14(16-11-13)12-7-5-4-6-8-12;/h3-16,18-24H,1-2H3;4-7,9-11H,1-3H3;/q2*-1;. The molecule has 0 aliphatic rings. The first-order valence-corrected chi connectivity index (χ1v) is 27.8. The number of para-hydroxylation sites is 1. The Bertz CT molecular complexity index is 3340. The summed E-state index contributed by atoms with van der Waals surface area (Å²) in [4.78, 5) is 9.90. The van der Waals surface area contributed by atoms with Crippen molar-refractivity contribution in [1.29, 1.82) is 0 Å². The monoisotopic (exact) mass is 1030 g/mol. The van der Waals surface area contributed by atoms with E-state index in [0.29, 0.717) is 0 Å². The van der Waals surface area contributed by atoms with E-state index < -0.39 is 13.3 Å². The number of fused-ring (bicyclic) bond motifs is 7. The molecule has 0 aliphatic heterocycles. The molecule has 0 unspecified atom stereocenters. The van der Waals surface area contributed by atoms with Crippen molar-refractivity contribution >= 4 is 72.2 Å². The summed E-state index contributed by atoms with van der Waals surface area (Å²) >= 11 is -1.72. The van der Waals surface area contributed by atoms with E-state index in [1.807, 2.05) is 48.7 Å². The van der Waals surface area contributed by atoms with Crippen LogP contribution in [-0.2, 0) is 20.1 Å². The predicted molar refractivity (Wildman–Crippen MR) is 254 cm³/mol. The molecule has 0 fully saturated rings. The molecule has 0 atom stereocenters. The molecule has 3 heterocycles. The van der Waals surface area contributed by atoms with Crippen LogP contribution in [0.15, 0.2) is 174 Å². The average molecular weight is 1030 g/mol. The van der Waals surface area contributed by atoms with Gasteiger partial charge >= 0.3 is 99.8 Å². The van der Waals surface area contributed by atoms with Gasteiger partial charge in [0, 0.05) is 31.2 Å². The molecule has 0 spiro atoms. The van der Waals surface area contributed by atoms with Crippen LogP contribution in [0.1, 0.15) is 11.1 Å². The van der Waals surface area contributed by atoms with Crippen molar-refractivity contribution in [3.05, 3.63) is 193 Å². The molecule has 4 nitrogen and oxygen atoms in total. The second kappa shape index (κ2) is 16.4. The third kappa shape index (κ3) is 7.52. The average Bonchev–Trinajstić information content (AvgIpc) is 3.84. The largest absolute Gasteiger partial charge is 0 e. The van der Waals surface area contributed by atoms with Gasteiger partial charge in [0.1, 0.15) is 5.58 Å². The number of nitrogens with zero attached hydrogens (tertiary/aromatic N) is 3. The Morgan fingerprint density at radius 2 is 1.31 bits per heavy atom. The van der Waals surface area contributed by atoms with E-state index in [2.05, 4.69) is 174 Å². The molecule has 0 amide bonds. The molecule has 0 saturated carbocycles. The zero-order valence-electron chi connectivity index (χ0n) is 34.7. The Kier molecular flexibility index (Phi) is 10.8. The number of pyridine rings is 1. The molecule has 8 aromatic carbocycles. The molecular formula is C55H43GeIrN3O-2. The summed E-state index contributed by atoms with van der Waals surface area (Å²) in [6.45, 7) is 4.40. The van der Waals surface area contributed by atoms with Gasteiger partial charge in [0.15, 0.2) is 0 Å². The first-order valence-electron chi connectivity index (χ1n) is 20.5. The minimum Gasteiger partial charge on any atom is 0 e. The van der Waals surface area contributed by atoms with E-state index in [1.54, 1.807) is 0 Å². The zero-order valence-corrected chi connectivity index (χ0v) is 39.2. The van der Waals surface area contributed by atoms with Gasteiger partial charge in [-0.25, -0.2) is 0 Å². The van der Waals surface area contributed by atoms with Gasteiger partial charge in [0.05, 0.1) is 22.4 Å². The summed E-state index contributed by atoms with van der Waals surface area (Å²) in [6, 6.07) is 64.0. The van der Waals surface area contributed by atoms with Crippen molar-refractivity contribution in [2.45, 2.75) is 31.1 Å². The maximum absolute atomic E-state index is 6.51. The fourth-order valence-electron chi connectivity index (χ4n) is 8.48. The quantitative estimate of drug-likeness (QED) is 0.0980. The summed E-state index contributed by atoms with van der Waals surface area (Å²) in [5.41, 5.74) is 12.5. The number of furan rings is 1. The molecule has 0 saturated heterocycles. The Morgan fingerprint density at radius 3 is 2.05 bits per heavy atom. The maximum atomic E-state index is 6.51. The molecule has 0 aliphatic carbocycles. The maximum Gasteiger partial charge on any atom is 0 e. The third-order valence-electron chi connectivity index (χ3n) is 11.5. The zero-order chi connectivity index (χ0) is 41.0. The van der Waals surface area contributed by atoms with Crippen LogP contribution in [0.4, 0.5) is 0 Å². The summed E-state index contributed by atoms with van der Waals surface area (Å²) in [7, 11) is 0. The molecule has 6 heteroatoms. The van der Waals surface area contributed by atoms with Gasteiger partial charge in [0.25, 0.3) is 0 Å². The van der Waals surface area contributed by atoms with E-state index >= 15 is 0 Å². The van der Waals surface area contributed by atoms with Crippen molar-refractivity contribution in [2.24, 2.45) is 0 Å². The SMILES string of the molecule is Cc1cc(-c2ccccc2)cc(C)c1-n1c(-c2[c-]ccc3c2oc2ccccc23)nc2cc3c(ccc4ccccc43)cc21.[CH3][Ge]([CH3])([CH3])[c]1ccc(-c2[c-]cccc2)nc1.[Ir]. The van der Waals surface area contributed by atoms with Crippen molar-refractivity contribution in [3.63, 3.8) is 0 Å². The Labute approximate surface area is 372 Å². The molecule has 3 aromatic heterocycles. The molecule has 61 heavy (non-hydrogen) atoms. The van der Waals surface area contributed by atoms with E-state index in [9.17, 15) is 0 Å². The first kappa shape index (κ1) is 40.3. The molecule has 299 valence electrons. The van der Waals surface area contributed by atoms with Crippen LogP contribution in [0.3, 0.4) is 0 Å². The molecule has 11 rings (SSSR count). The van der Waals surface area contributed by atoms with Crippen LogP contribution in [0.2, 0.25) is 17.3 Å². The summed E-state index contributed by atoms with van der Waals surface area (Å²) < 4.78 is 10.3. The van der Waals surface area contributed by atoms with E-state index in [1.165, 1.54) is 48.2 Å². The van der Waals surface area contributed by atoms with Crippen LogP contribution in [-0.4, -0.2) is 27.8 Å². The van der Waals surface area contributed by atoms with Crippen molar-refractivity contribution in [3.8, 4) is 39.5 Å². The van der Waals surface area contributed by atoms with Crippen LogP contribution < -0.4 is 4.40 Å². The molecule has 0 N–H and O–H groups in total. The second-order valence-electron chi connectivity index (χ2n) is 16.6. The number of benzene rings is 8. The van der Waals surface area contributed by atoms with Gasteiger partial charge < -0.3 is 8.98 Å². The summed E-state index contributed by atoms with van der Waals surface area (Å²) in [6.07, 6.45) is 2.04. The number of hydrogen-bond donors (Lipinski definition) is 0. The summed E-state index contributed by atoms with van der Waals surface area (Å²) in [5, 5.41) is 7.00. The Balaban J connectivity index is 0.000000237. The minimum atomic E-state index is -1.72. The predicted octanol–water partition coefficient (Wildman–Crippen LogP) is 14.1. The fraction of sp³-hybridized carbons (Fsp3) is 0.0909. The number of aryl methyl sites for hydroxylation is 2. The normalized spacial score (nSPS) is 11.6. The molecule has 0 bridgehead atoms. The second-order valence-corrected chi connectivity index (χ2v) is 27.2. The topological polar surface area (TPSA) is 43.9 Å². The van der Waals surface area contributed by atoms with E-state index in [4.69, 9.17) is 9.40 Å². The van der Waals surface area contributed by atoms with Crippen molar-refractivity contribution in [2.75, 3.05) is 0 Å². The van der Waals surface area contributed by atoms with Gasteiger partial charge in [-0.3, -0.25) is 4.98 Å². The van der Waals surface area contributed by atoms with Gasteiger partial charge in [-0.2, -0.15) is 0 Å². The van der Waals surface area contributed by atoms with Crippen LogP contribution in [0, 0.1) is 26.0 Å². The number of imidazole rings is 1. The number of rotatable bonds is 5. The Hall–Kier alpha value is -6.11. The van der Waals surface area contributed by atoms with Gasteiger partial charge in [-0.15, -0.1) is 18.2 Å². The fourth-order valence-corrected chi connectivity index (χ4v) is 10.7. The first-order chi connectivity index (χ1) is 29.2. The number of aromatic nitrogens is 3. The number of hydrogen-bond acceptors (Lipinski definition) is 3. The third-order valence-corrected chi connectivity index (χ3v) is 15.8. The molecular weight excluding hydrogens is 983 g/mol. The molecule has 11 aromatic rings.